The van der Waals surface area contributed by atoms with E-state index in [1.807, 2.05) is 38.2 Å². The monoisotopic (exact) mass is 284 g/mol. The molecule has 0 atom stereocenters. The summed E-state index contributed by atoms with van der Waals surface area (Å²) in [4.78, 5) is 12.6. The Kier molecular flexibility index (Phi) is 3.21. The van der Waals surface area contributed by atoms with Crippen molar-refractivity contribution in [3.05, 3.63) is 52.8 Å². The van der Waals surface area contributed by atoms with Crippen molar-refractivity contribution in [1.82, 2.24) is 19.2 Å². The minimum atomic E-state index is -0.204. The number of hydrogen-bond donors (Lipinski definition) is 0. The summed E-state index contributed by atoms with van der Waals surface area (Å²) in [6.07, 6.45) is 3.53. The molecule has 0 aliphatic carbocycles. The van der Waals surface area contributed by atoms with E-state index >= 15 is 0 Å². The second kappa shape index (κ2) is 5.05. The van der Waals surface area contributed by atoms with Crippen molar-refractivity contribution in [2.24, 2.45) is 0 Å². The Labute approximate surface area is 121 Å². The number of aromatic nitrogens is 4. The number of ether oxygens (including phenoxy) is 1. The Balaban J connectivity index is 2.21. The van der Waals surface area contributed by atoms with Gasteiger partial charge in [-0.2, -0.15) is 0 Å². The van der Waals surface area contributed by atoms with Gasteiger partial charge in [-0.05, 0) is 12.1 Å². The van der Waals surface area contributed by atoms with E-state index in [2.05, 4.69) is 10.2 Å². The maximum atomic E-state index is 12.6. The quantitative estimate of drug-likeness (QED) is 0.738. The van der Waals surface area contributed by atoms with Gasteiger partial charge in [-0.15, -0.1) is 10.2 Å². The Hall–Kier alpha value is -2.63. The normalized spacial score (nSPS) is 11.2. The third-order valence-corrected chi connectivity index (χ3v) is 3.34. The maximum Gasteiger partial charge on any atom is 0.300 e. The summed E-state index contributed by atoms with van der Waals surface area (Å²) >= 11 is 0. The van der Waals surface area contributed by atoms with Gasteiger partial charge in [0.1, 0.15) is 11.6 Å². The topological polar surface area (TPSA) is 61.4 Å². The van der Waals surface area contributed by atoms with E-state index in [1.165, 1.54) is 4.57 Å². The van der Waals surface area contributed by atoms with Crippen LogP contribution in [0.5, 0.6) is 5.75 Å². The van der Waals surface area contributed by atoms with Crippen LogP contribution in [0.3, 0.4) is 0 Å². The van der Waals surface area contributed by atoms with Gasteiger partial charge in [0.25, 0.3) is 0 Å². The van der Waals surface area contributed by atoms with E-state index in [-0.39, 0.29) is 11.5 Å². The molecule has 108 valence electrons. The van der Waals surface area contributed by atoms with Crippen LogP contribution in [0.1, 0.15) is 25.6 Å². The highest BCUT2D eigenvalue weighted by molar-refractivity contribution is 5.43. The van der Waals surface area contributed by atoms with E-state index in [0.29, 0.717) is 11.4 Å². The van der Waals surface area contributed by atoms with Crippen molar-refractivity contribution in [2.45, 2.75) is 19.8 Å². The molecule has 0 amide bonds. The van der Waals surface area contributed by atoms with Crippen LogP contribution in [-0.4, -0.2) is 26.3 Å². The highest BCUT2D eigenvalue weighted by atomic mass is 16.5. The van der Waals surface area contributed by atoms with Crippen LogP contribution in [-0.2, 0) is 0 Å². The molecule has 3 aromatic rings. The molecule has 3 rings (SSSR count). The summed E-state index contributed by atoms with van der Waals surface area (Å²) in [5, 5.41) is 8.12. The van der Waals surface area contributed by atoms with Crippen LogP contribution in [0.15, 0.2) is 41.5 Å². The standard InChI is InChI=1S/C15H16N4O2/c1-10(2)13-16-17-14-15(20)18(7-8-19(13)14)11-5-4-6-12(9-11)21-3/h4-10H,1-3H3. The molecule has 0 bridgehead atoms. The summed E-state index contributed by atoms with van der Waals surface area (Å²) < 4.78 is 8.47. The fourth-order valence-electron chi connectivity index (χ4n) is 2.26. The molecule has 6 heteroatoms. The zero-order chi connectivity index (χ0) is 15.0. The van der Waals surface area contributed by atoms with E-state index < -0.39 is 0 Å². The van der Waals surface area contributed by atoms with Gasteiger partial charge in [-0.25, -0.2) is 0 Å². The summed E-state index contributed by atoms with van der Waals surface area (Å²) in [5.74, 6) is 1.68. The van der Waals surface area contributed by atoms with Crippen molar-refractivity contribution >= 4 is 5.65 Å². The molecule has 0 saturated heterocycles. The molecule has 21 heavy (non-hydrogen) atoms. The fourth-order valence-corrected chi connectivity index (χ4v) is 2.26. The van der Waals surface area contributed by atoms with E-state index in [4.69, 9.17) is 4.74 Å². The predicted molar refractivity (Wildman–Crippen MR) is 79.2 cm³/mol. The number of rotatable bonds is 3. The minimum Gasteiger partial charge on any atom is -0.497 e. The molecule has 0 spiro atoms. The molecule has 0 unspecified atom stereocenters. The van der Waals surface area contributed by atoms with Gasteiger partial charge in [0.15, 0.2) is 0 Å². The van der Waals surface area contributed by atoms with E-state index in [0.717, 1.165) is 11.5 Å². The molecule has 2 heterocycles. The van der Waals surface area contributed by atoms with Crippen LogP contribution in [0.2, 0.25) is 0 Å². The summed E-state index contributed by atoms with van der Waals surface area (Å²) in [7, 11) is 1.60. The molecule has 1 aromatic carbocycles. The van der Waals surface area contributed by atoms with Crippen molar-refractivity contribution in [3.63, 3.8) is 0 Å². The van der Waals surface area contributed by atoms with Gasteiger partial charge in [-0.3, -0.25) is 13.8 Å². The first-order valence-corrected chi connectivity index (χ1v) is 6.72. The van der Waals surface area contributed by atoms with Gasteiger partial charge in [-0.1, -0.05) is 19.9 Å². The Bertz CT molecular complexity index is 848. The highest BCUT2D eigenvalue weighted by Gasteiger charge is 2.13. The van der Waals surface area contributed by atoms with Crippen LogP contribution < -0.4 is 10.3 Å². The molecule has 6 nitrogen and oxygen atoms in total. The Morgan fingerprint density at radius 1 is 1.19 bits per heavy atom. The van der Waals surface area contributed by atoms with Crippen LogP contribution in [0.4, 0.5) is 0 Å². The lowest BCUT2D eigenvalue weighted by molar-refractivity contribution is 0.414. The van der Waals surface area contributed by atoms with Crippen molar-refractivity contribution in [1.29, 1.82) is 0 Å². The molecule has 2 aromatic heterocycles. The lowest BCUT2D eigenvalue weighted by atomic mass is 10.2. The average molecular weight is 284 g/mol. The predicted octanol–water partition coefficient (Wildman–Crippen LogP) is 2.01. The number of hydrogen-bond acceptors (Lipinski definition) is 4. The Morgan fingerprint density at radius 2 is 2.00 bits per heavy atom. The second-order valence-corrected chi connectivity index (χ2v) is 5.08. The van der Waals surface area contributed by atoms with Gasteiger partial charge >= 0.3 is 5.56 Å². The first kappa shape index (κ1) is 13.4. The van der Waals surface area contributed by atoms with Crippen LogP contribution in [0.25, 0.3) is 11.3 Å². The summed E-state index contributed by atoms with van der Waals surface area (Å²) in [5.41, 5.74) is 0.852. The molecular formula is C15H16N4O2. The second-order valence-electron chi connectivity index (χ2n) is 5.08. The summed E-state index contributed by atoms with van der Waals surface area (Å²) in [6.45, 7) is 4.04. The van der Waals surface area contributed by atoms with Gasteiger partial charge in [0.05, 0.1) is 12.8 Å². The number of methoxy groups -OCH3 is 1. The van der Waals surface area contributed by atoms with Crippen molar-refractivity contribution in [3.8, 4) is 11.4 Å². The number of benzene rings is 1. The molecule has 0 saturated carbocycles. The van der Waals surface area contributed by atoms with Gasteiger partial charge in [0.2, 0.25) is 5.65 Å². The zero-order valence-corrected chi connectivity index (χ0v) is 12.1. The number of fused-ring (bicyclic) bond motifs is 1. The molecule has 0 fully saturated rings. The minimum absolute atomic E-state index is 0.201. The molecule has 0 aliphatic rings. The van der Waals surface area contributed by atoms with Crippen LogP contribution >= 0.6 is 0 Å². The zero-order valence-electron chi connectivity index (χ0n) is 12.1. The lowest BCUT2D eigenvalue weighted by Crippen LogP contribution is -2.20. The molecule has 0 aliphatic heterocycles. The van der Waals surface area contributed by atoms with Gasteiger partial charge in [0, 0.05) is 24.4 Å². The lowest BCUT2D eigenvalue weighted by Gasteiger charge is -2.08. The van der Waals surface area contributed by atoms with E-state index in [1.54, 1.807) is 23.8 Å². The maximum absolute atomic E-state index is 12.6. The smallest absolute Gasteiger partial charge is 0.300 e. The van der Waals surface area contributed by atoms with Gasteiger partial charge < -0.3 is 4.74 Å². The molecular weight excluding hydrogens is 268 g/mol. The SMILES string of the molecule is COc1cccc(-n2ccn3c(C(C)C)nnc3c2=O)c1. The average Bonchev–Trinajstić information content (AvgIpc) is 2.93. The van der Waals surface area contributed by atoms with Crippen molar-refractivity contribution in [2.75, 3.05) is 7.11 Å². The van der Waals surface area contributed by atoms with Crippen molar-refractivity contribution < 1.29 is 4.74 Å². The molecule has 0 radical (unpaired) electrons. The fraction of sp³-hybridized carbons (Fsp3) is 0.267. The largest absolute Gasteiger partial charge is 0.497 e. The first-order valence-electron chi connectivity index (χ1n) is 6.72. The third-order valence-electron chi connectivity index (χ3n) is 3.34. The highest BCUT2D eigenvalue weighted by Crippen LogP contribution is 2.16. The summed E-state index contributed by atoms with van der Waals surface area (Å²) in [6, 6.07) is 7.33. The number of nitrogens with zero attached hydrogens (tertiary/aromatic N) is 4. The Morgan fingerprint density at radius 3 is 2.71 bits per heavy atom. The van der Waals surface area contributed by atoms with E-state index in [9.17, 15) is 4.79 Å². The first-order chi connectivity index (χ1) is 10.1. The van der Waals surface area contributed by atoms with Crippen LogP contribution in [0, 0.1) is 0 Å². The molecule has 0 N–H and O–H groups in total. The third kappa shape index (κ3) is 2.18.